The molecule has 0 saturated heterocycles. The molecule has 1 aromatic carbocycles. The molecule has 1 amide bonds. The van der Waals surface area contributed by atoms with Crippen molar-refractivity contribution in [3.05, 3.63) is 41.0 Å². The fraction of sp³-hybridized carbons (Fsp3) is 0.474. The predicted octanol–water partition coefficient (Wildman–Crippen LogP) is 5.85. The van der Waals surface area contributed by atoms with Crippen LogP contribution in [-0.4, -0.2) is 21.7 Å². The van der Waals surface area contributed by atoms with Crippen LogP contribution in [0.5, 0.6) is 0 Å². The Bertz CT molecular complexity index is 751. The summed E-state index contributed by atoms with van der Waals surface area (Å²) in [5.41, 5.74) is -1.49. The van der Waals surface area contributed by atoms with Gasteiger partial charge < -0.3 is 10.4 Å². The second-order valence-corrected chi connectivity index (χ2v) is 9.55. The molecule has 0 fully saturated rings. The van der Waals surface area contributed by atoms with Crippen LogP contribution in [0.2, 0.25) is 0 Å². The first-order chi connectivity index (χ1) is 13.3. The number of rotatable bonds is 11. The van der Waals surface area contributed by atoms with Crippen LogP contribution in [0.3, 0.4) is 0 Å². The van der Waals surface area contributed by atoms with Crippen molar-refractivity contribution in [3.63, 3.8) is 0 Å². The minimum Gasteiger partial charge on any atom is -0.379 e. The molecule has 2 N–H and O–H groups in total. The summed E-state index contributed by atoms with van der Waals surface area (Å²) in [5.74, 6) is 0.667. The van der Waals surface area contributed by atoms with Gasteiger partial charge in [0.2, 0.25) is 5.91 Å². The van der Waals surface area contributed by atoms with Crippen molar-refractivity contribution in [2.24, 2.45) is 0 Å². The van der Waals surface area contributed by atoms with Crippen LogP contribution >= 0.6 is 32.3 Å². The van der Waals surface area contributed by atoms with Crippen LogP contribution in [-0.2, 0) is 10.5 Å². The predicted molar refractivity (Wildman–Crippen MR) is 115 cm³/mol. The number of amides is 1. The van der Waals surface area contributed by atoms with Crippen molar-refractivity contribution in [1.82, 2.24) is 4.98 Å². The zero-order valence-corrected chi connectivity index (χ0v) is 18.4. The Morgan fingerprint density at radius 1 is 1.32 bits per heavy atom. The lowest BCUT2D eigenvalue weighted by Gasteiger charge is -2.14. The van der Waals surface area contributed by atoms with Gasteiger partial charge in [-0.2, -0.15) is 8.78 Å². The molecule has 2 rings (SSSR count). The number of aromatic nitrogens is 1. The van der Waals surface area contributed by atoms with Crippen molar-refractivity contribution in [2.45, 2.75) is 60.8 Å². The monoisotopic (exact) mass is 446 g/mol. The van der Waals surface area contributed by atoms with Crippen LogP contribution in [0.25, 0.3) is 0 Å². The SMILES string of the molecule is CCCCCCC(=O)Nc1ccc(CSc2cnc(C(O)C(F)(F)P)s2)cc1. The van der Waals surface area contributed by atoms with Gasteiger partial charge in [0.05, 0.1) is 10.4 Å². The van der Waals surface area contributed by atoms with E-state index in [0.29, 0.717) is 12.2 Å². The topological polar surface area (TPSA) is 62.2 Å². The van der Waals surface area contributed by atoms with Gasteiger partial charge in [0.1, 0.15) is 5.01 Å². The fourth-order valence-electron chi connectivity index (χ4n) is 2.40. The minimum absolute atomic E-state index is 0.000466. The van der Waals surface area contributed by atoms with Gasteiger partial charge in [0.15, 0.2) is 6.10 Å². The fourth-order valence-corrected chi connectivity index (χ4v) is 4.67. The van der Waals surface area contributed by atoms with E-state index in [1.807, 2.05) is 24.3 Å². The van der Waals surface area contributed by atoms with Gasteiger partial charge in [-0.3, -0.25) is 4.79 Å². The van der Waals surface area contributed by atoms with Crippen LogP contribution < -0.4 is 5.32 Å². The van der Waals surface area contributed by atoms with Crippen LogP contribution in [0, 0.1) is 0 Å². The van der Waals surface area contributed by atoms with Gasteiger partial charge in [0.25, 0.3) is 5.66 Å². The number of aliphatic hydroxyl groups is 1. The summed E-state index contributed by atoms with van der Waals surface area (Å²) in [6.07, 6.45) is 4.40. The highest BCUT2D eigenvalue weighted by molar-refractivity contribution is 8.00. The number of nitrogens with zero attached hydrogens (tertiary/aromatic N) is 1. The van der Waals surface area contributed by atoms with Gasteiger partial charge >= 0.3 is 0 Å². The maximum absolute atomic E-state index is 13.1. The second kappa shape index (κ2) is 11.2. The number of benzene rings is 1. The van der Waals surface area contributed by atoms with E-state index in [-0.39, 0.29) is 10.9 Å². The Balaban J connectivity index is 1.80. The lowest BCUT2D eigenvalue weighted by molar-refractivity contribution is -0.116. The van der Waals surface area contributed by atoms with E-state index in [1.165, 1.54) is 27.2 Å². The molecule has 0 aliphatic heterocycles. The Morgan fingerprint density at radius 3 is 2.68 bits per heavy atom. The summed E-state index contributed by atoms with van der Waals surface area (Å²) < 4.78 is 27.0. The number of thioether (sulfide) groups is 1. The van der Waals surface area contributed by atoms with Gasteiger partial charge in [-0.15, -0.1) is 23.1 Å². The van der Waals surface area contributed by atoms with E-state index in [2.05, 4.69) is 17.2 Å². The van der Waals surface area contributed by atoms with Gasteiger partial charge in [0, 0.05) is 17.9 Å². The van der Waals surface area contributed by atoms with Crippen molar-refractivity contribution >= 4 is 43.9 Å². The summed E-state index contributed by atoms with van der Waals surface area (Å²) in [7, 11) is 1.34. The molecule has 2 aromatic rings. The highest BCUT2D eigenvalue weighted by Gasteiger charge is 2.36. The maximum atomic E-state index is 13.1. The second-order valence-electron chi connectivity index (χ2n) is 6.44. The Hall–Kier alpha value is -1.08. The van der Waals surface area contributed by atoms with Gasteiger partial charge in [-0.05, 0) is 24.1 Å². The molecule has 0 spiro atoms. The highest BCUT2D eigenvalue weighted by atomic mass is 32.2. The van der Waals surface area contributed by atoms with Gasteiger partial charge in [-0.25, -0.2) is 4.98 Å². The number of halogens is 2. The Labute approximate surface area is 174 Å². The van der Waals surface area contributed by atoms with Crippen LogP contribution in [0.1, 0.15) is 55.7 Å². The van der Waals surface area contributed by atoms with E-state index < -0.39 is 11.8 Å². The Morgan fingerprint density at radius 2 is 2.04 bits per heavy atom. The lowest BCUT2D eigenvalue weighted by atomic mass is 10.1. The quantitative estimate of drug-likeness (QED) is 0.258. The van der Waals surface area contributed by atoms with Crippen molar-refractivity contribution in [3.8, 4) is 0 Å². The third-order valence-corrected chi connectivity index (χ3v) is 6.61. The third kappa shape index (κ3) is 7.74. The number of carbonyl (C=O) groups excluding carboxylic acids is 1. The molecule has 28 heavy (non-hydrogen) atoms. The number of thiazole rings is 1. The summed E-state index contributed by atoms with van der Waals surface area (Å²) in [6.45, 7) is 2.14. The molecular formula is C19H25F2N2O2PS2. The van der Waals surface area contributed by atoms with Crippen molar-refractivity contribution in [2.75, 3.05) is 5.32 Å². The Kier molecular flexibility index (Phi) is 9.28. The molecule has 1 heterocycles. The smallest absolute Gasteiger partial charge is 0.290 e. The zero-order chi connectivity index (χ0) is 20.6. The molecule has 0 radical (unpaired) electrons. The van der Waals surface area contributed by atoms with Crippen molar-refractivity contribution < 1.29 is 18.7 Å². The molecule has 0 bridgehead atoms. The zero-order valence-electron chi connectivity index (χ0n) is 15.7. The molecule has 1 aromatic heterocycles. The molecule has 154 valence electrons. The maximum Gasteiger partial charge on any atom is 0.290 e. The lowest BCUT2D eigenvalue weighted by Crippen LogP contribution is -2.17. The summed E-state index contributed by atoms with van der Waals surface area (Å²) in [5, 5.41) is 12.5. The van der Waals surface area contributed by atoms with Gasteiger partial charge in [-0.1, -0.05) is 47.6 Å². The molecule has 0 aliphatic carbocycles. The number of nitrogens with one attached hydrogen (secondary N) is 1. The molecule has 0 aliphatic rings. The molecule has 4 nitrogen and oxygen atoms in total. The number of aliphatic hydroxyl groups excluding tert-OH is 1. The minimum atomic E-state index is -3.30. The van der Waals surface area contributed by atoms with Crippen LogP contribution in [0.4, 0.5) is 14.5 Å². The average molecular weight is 447 g/mol. The van der Waals surface area contributed by atoms with Crippen LogP contribution in [0.15, 0.2) is 34.7 Å². The van der Waals surface area contributed by atoms with E-state index in [0.717, 1.165) is 52.5 Å². The van der Waals surface area contributed by atoms with E-state index in [4.69, 9.17) is 0 Å². The summed E-state index contributed by atoms with van der Waals surface area (Å²) in [4.78, 5) is 15.8. The normalized spacial score (nSPS) is 12.8. The van der Waals surface area contributed by atoms with E-state index in [9.17, 15) is 18.7 Å². The van der Waals surface area contributed by atoms with Crippen molar-refractivity contribution in [1.29, 1.82) is 0 Å². The summed E-state index contributed by atoms with van der Waals surface area (Å²) in [6, 6.07) is 7.56. The average Bonchev–Trinajstić information content (AvgIpc) is 3.12. The first-order valence-corrected chi connectivity index (χ1v) is 11.5. The van der Waals surface area contributed by atoms with E-state index in [1.54, 1.807) is 0 Å². The summed E-state index contributed by atoms with van der Waals surface area (Å²) >= 11 is 2.52. The molecule has 2 atom stereocenters. The number of alkyl halides is 2. The third-order valence-electron chi connectivity index (χ3n) is 3.98. The number of unbranched alkanes of at least 4 members (excludes halogenated alkanes) is 3. The van der Waals surface area contributed by atoms with E-state index >= 15 is 0 Å². The molecule has 0 saturated carbocycles. The molecule has 2 unspecified atom stereocenters. The first kappa shape index (κ1) is 23.2. The number of hydrogen-bond donors (Lipinski definition) is 2. The molecule has 9 heteroatoms. The number of anilines is 1. The first-order valence-electron chi connectivity index (χ1n) is 9.11. The largest absolute Gasteiger partial charge is 0.379 e. The standard InChI is InChI=1S/C19H25F2N2O2PS2/c1-2-3-4-5-6-15(24)23-14-9-7-13(8-10-14)12-27-16-11-22-18(28-16)17(25)19(20,21)26/h7-11,17,25H,2-6,12,26H2,1H3,(H,23,24). The number of hydrogen-bond acceptors (Lipinski definition) is 5. The molecular weight excluding hydrogens is 421 g/mol. The highest BCUT2D eigenvalue weighted by Crippen LogP contribution is 2.40. The number of carbonyl (C=O) groups is 1.